The fourth-order valence-electron chi connectivity index (χ4n) is 2.34. The highest BCUT2D eigenvalue weighted by Crippen LogP contribution is 2.22. The first-order valence-electron chi connectivity index (χ1n) is 7.28. The molecule has 0 atom stereocenters. The molecule has 0 saturated carbocycles. The van der Waals surface area contributed by atoms with E-state index in [4.69, 9.17) is 0 Å². The zero-order valence-corrected chi connectivity index (χ0v) is 13.5. The zero-order valence-electron chi connectivity index (χ0n) is 13.5. The third kappa shape index (κ3) is 4.50. The smallest absolute Gasteiger partial charge is 0.272 e. The summed E-state index contributed by atoms with van der Waals surface area (Å²) in [4.78, 5) is 12.3. The lowest BCUT2D eigenvalue weighted by Gasteiger charge is -2.12. The molecule has 122 valence electrons. The van der Waals surface area contributed by atoms with E-state index in [1.807, 2.05) is 25.1 Å². The van der Waals surface area contributed by atoms with Crippen LogP contribution in [-0.2, 0) is 13.1 Å². The molecule has 0 heterocycles. The molecule has 0 amide bonds. The molecule has 23 heavy (non-hydrogen) atoms. The molecule has 1 N–H and O–H groups in total. The van der Waals surface area contributed by atoms with Crippen LogP contribution in [0, 0.1) is 22.9 Å². The molecule has 0 spiro atoms. The van der Waals surface area contributed by atoms with E-state index in [0.29, 0.717) is 24.2 Å². The van der Waals surface area contributed by atoms with Gasteiger partial charge in [-0.1, -0.05) is 12.1 Å². The molecule has 2 aromatic rings. The lowest BCUT2D eigenvalue weighted by molar-refractivity contribution is -0.385. The minimum absolute atomic E-state index is 0.0923. The van der Waals surface area contributed by atoms with Crippen LogP contribution in [0.4, 0.5) is 15.8 Å². The van der Waals surface area contributed by atoms with Gasteiger partial charge in [-0.05, 0) is 44.8 Å². The van der Waals surface area contributed by atoms with Crippen LogP contribution >= 0.6 is 0 Å². The Bertz CT molecular complexity index is 717. The second-order valence-electron chi connectivity index (χ2n) is 5.78. The number of benzene rings is 2. The molecule has 0 aliphatic rings. The van der Waals surface area contributed by atoms with Crippen molar-refractivity contribution in [3.05, 3.63) is 69.0 Å². The molecule has 2 aromatic carbocycles. The molecular weight excluding hydrogens is 297 g/mol. The van der Waals surface area contributed by atoms with Crippen LogP contribution in [0.15, 0.2) is 36.4 Å². The Labute approximate surface area is 134 Å². The SMILES string of the molecule is Cc1cc(NCc2ccc(CN(C)C)c(F)c2)ccc1[N+](=O)[O-]. The van der Waals surface area contributed by atoms with Gasteiger partial charge in [0, 0.05) is 36.0 Å². The predicted octanol–water partition coefficient (Wildman–Crippen LogP) is 3.72. The first-order chi connectivity index (χ1) is 10.9. The molecule has 0 aliphatic heterocycles. The van der Waals surface area contributed by atoms with Gasteiger partial charge in [0.1, 0.15) is 5.82 Å². The Balaban J connectivity index is 2.05. The largest absolute Gasteiger partial charge is 0.381 e. The van der Waals surface area contributed by atoms with Crippen LogP contribution in [0.25, 0.3) is 0 Å². The molecule has 0 bridgehead atoms. The van der Waals surface area contributed by atoms with Gasteiger partial charge in [-0.3, -0.25) is 10.1 Å². The van der Waals surface area contributed by atoms with Gasteiger partial charge in [0.05, 0.1) is 4.92 Å². The summed E-state index contributed by atoms with van der Waals surface area (Å²) < 4.78 is 14.0. The van der Waals surface area contributed by atoms with Crippen molar-refractivity contribution in [2.24, 2.45) is 0 Å². The Hall–Kier alpha value is -2.47. The molecule has 5 nitrogen and oxygen atoms in total. The van der Waals surface area contributed by atoms with Crippen LogP contribution in [0.2, 0.25) is 0 Å². The first-order valence-corrected chi connectivity index (χ1v) is 7.28. The number of hydrogen-bond acceptors (Lipinski definition) is 4. The number of nitrogens with zero attached hydrogens (tertiary/aromatic N) is 2. The van der Waals surface area contributed by atoms with Crippen LogP contribution < -0.4 is 5.32 Å². The summed E-state index contributed by atoms with van der Waals surface area (Å²) in [6.45, 7) is 2.70. The van der Waals surface area contributed by atoms with Crippen LogP contribution in [-0.4, -0.2) is 23.9 Å². The number of rotatable bonds is 6. The number of aryl methyl sites for hydroxylation is 1. The number of anilines is 1. The fourth-order valence-corrected chi connectivity index (χ4v) is 2.34. The molecule has 0 radical (unpaired) electrons. The maximum Gasteiger partial charge on any atom is 0.272 e. The molecule has 6 heteroatoms. The average Bonchev–Trinajstić information content (AvgIpc) is 2.47. The van der Waals surface area contributed by atoms with Crippen LogP contribution in [0.1, 0.15) is 16.7 Å². The maximum absolute atomic E-state index is 14.0. The maximum atomic E-state index is 14.0. The van der Waals surface area contributed by atoms with E-state index in [-0.39, 0.29) is 11.5 Å². The van der Waals surface area contributed by atoms with Crippen LogP contribution in [0.3, 0.4) is 0 Å². The topological polar surface area (TPSA) is 58.4 Å². The molecule has 0 saturated heterocycles. The molecule has 2 rings (SSSR count). The normalized spacial score (nSPS) is 10.8. The quantitative estimate of drug-likeness (QED) is 0.652. The summed E-state index contributed by atoms with van der Waals surface area (Å²) in [5.41, 5.74) is 2.93. The Morgan fingerprint density at radius 1 is 1.22 bits per heavy atom. The standard InChI is InChI=1S/C17H20FN3O2/c1-12-8-15(6-7-17(12)21(22)23)19-10-13-4-5-14(11-20(2)3)16(18)9-13/h4-9,19H,10-11H2,1-3H3. The Morgan fingerprint density at radius 2 is 1.96 bits per heavy atom. The highest BCUT2D eigenvalue weighted by atomic mass is 19.1. The van der Waals surface area contributed by atoms with Gasteiger partial charge in [-0.15, -0.1) is 0 Å². The van der Waals surface area contributed by atoms with Crippen molar-refractivity contribution < 1.29 is 9.31 Å². The Kier molecular flexibility index (Phi) is 5.28. The van der Waals surface area contributed by atoms with E-state index in [2.05, 4.69) is 5.32 Å². The monoisotopic (exact) mass is 317 g/mol. The molecular formula is C17H20FN3O2. The van der Waals surface area contributed by atoms with E-state index in [1.165, 1.54) is 12.1 Å². The number of halogens is 1. The number of nitro groups is 1. The Morgan fingerprint density at radius 3 is 2.52 bits per heavy atom. The zero-order chi connectivity index (χ0) is 17.0. The number of hydrogen-bond donors (Lipinski definition) is 1. The lowest BCUT2D eigenvalue weighted by Crippen LogP contribution is -2.12. The van der Waals surface area contributed by atoms with Crippen molar-refractivity contribution >= 4 is 11.4 Å². The average molecular weight is 317 g/mol. The number of nitrogens with one attached hydrogen (secondary N) is 1. The summed E-state index contributed by atoms with van der Waals surface area (Å²) in [6.07, 6.45) is 0. The second-order valence-corrected chi connectivity index (χ2v) is 5.78. The molecule has 0 aliphatic carbocycles. The van der Waals surface area contributed by atoms with Crippen LogP contribution in [0.5, 0.6) is 0 Å². The van der Waals surface area contributed by atoms with Gasteiger partial charge < -0.3 is 10.2 Å². The van der Waals surface area contributed by atoms with Crippen molar-refractivity contribution in [3.8, 4) is 0 Å². The summed E-state index contributed by atoms with van der Waals surface area (Å²) in [7, 11) is 3.79. The van der Waals surface area contributed by atoms with Crippen molar-refractivity contribution in [2.45, 2.75) is 20.0 Å². The van der Waals surface area contributed by atoms with Crippen molar-refractivity contribution in [3.63, 3.8) is 0 Å². The molecule has 0 fully saturated rings. The van der Waals surface area contributed by atoms with Gasteiger partial charge >= 0.3 is 0 Å². The molecule has 0 aromatic heterocycles. The summed E-state index contributed by atoms with van der Waals surface area (Å²) in [6, 6.07) is 10.0. The van der Waals surface area contributed by atoms with E-state index >= 15 is 0 Å². The minimum Gasteiger partial charge on any atom is -0.381 e. The van der Waals surface area contributed by atoms with Gasteiger partial charge in [0.2, 0.25) is 0 Å². The summed E-state index contributed by atoms with van der Waals surface area (Å²) in [5, 5.41) is 14.0. The highest BCUT2D eigenvalue weighted by Gasteiger charge is 2.10. The lowest BCUT2D eigenvalue weighted by atomic mass is 10.1. The number of nitro benzene ring substituents is 1. The highest BCUT2D eigenvalue weighted by molar-refractivity contribution is 5.53. The van der Waals surface area contributed by atoms with Gasteiger partial charge in [-0.2, -0.15) is 0 Å². The van der Waals surface area contributed by atoms with Crippen molar-refractivity contribution in [1.29, 1.82) is 0 Å². The third-order valence-corrected chi connectivity index (χ3v) is 3.49. The van der Waals surface area contributed by atoms with E-state index < -0.39 is 4.92 Å². The van der Waals surface area contributed by atoms with Gasteiger partial charge in [-0.25, -0.2) is 4.39 Å². The van der Waals surface area contributed by atoms with Gasteiger partial charge in [0.15, 0.2) is 0 Å². The van der Waals surface area contributed by atoms with Crippen molar-refractivity contribution in [1.82, 2.24) is 4.90 Å². The van der Waals surface area contributed by atoms with Crippen molar-refractivity contribution in [2.75, 3.05) is 19.4 Å². The predicted molar refractivity (Wildman–Crippen MR) is 89.0 cm³/mol. The summed E-state index contributed by atoms with van der Waals surface area (Å²) in [5.74, 6) is -0.224. The van der Waals surface area contributed by atoms with E-state index in [1.54, 1.807) is 25.1 Å². The van der Waals surface area contributed by atoms with E-state index in [9.17, 15) is 14.5 Å². The van der Waals surface area contributed by atoms with E-state index in [0.717, 1.165) is 11.3 Å². The minimum atomic E-state index is -0.405. The molecule has 0 unspecified atom stereocenters. The van der Waals surface area contributed by atoms with Gasteiger partial charge in [0.25, 0.3) is 5.69 Å². The summed E-state index contributed by atoms with van der Waals surface area (Å²) >= 11 is 0. The third-order valence-electron chi connectivity index (χ3n) is 3.49. The second kappa shape index (κ2) is 7.19. The fraction of sp³-hybridized carbons (Fsp3) is 0.294. The first kappa shape index (κ1) is 16.9.